The Morgan fingerprint density at radius 1 is 1.43 bits per heavy atom. The summed E-state index contributed by atoms with van der Waals surface area (Å²) in [7, 11) is 1.64. The zero-order valence-corrected chi connectivity index (χ0v) is 12.1. The van der Waals surface area contributed by atoms with Gasteiger partial charge in [0.05, 0.1) is 18.6 Å². The molecule has 0 fully saturated rings. The molecule has 0 amide bonds. The van der Waals surface area contributed by atoms with Gasteiger partial charge < -0.3 is 4.74 Å². The molecule has 8 heteroatoms. The van der Waals surface area contributed by atoms with Crippen LogP contribution in [-0.4, -0.2) is 31.8 Å². The van der Waals surface area contributed by atoms with Gasteiger partial charge in [0.1, 0.15) is 11.6 Å². The first-order valence-corrected chi connectivity index (χ1v) is 7.19. The van der Waals surface area contributed by atoms with Crippen LogP contribution < -0.4 is 10.4 Å². The predicted molar refractivity (Wildman–Crippen MR) is 78.9 cm³/mol. The number of ether oxygens (including phenoxy) is 1. The van der Waals surface area contributed by atoms with Crippen molar-refractivity contribution in [3.05, 3.63) is 53.0 Å². The van der Waals surface area contributed by atoms with Crippen LogP contribution in [0.4, 0.5) is 0 Å². The van der Waals surface area contributed by atoms with Gasteiger partial charge in [-0.25, -0.2) is 14.9 Å². The summed E-state index contributed by atoms with van der Waals surface area (Å²) in [5, 5.41) is 7.03. The molecular formula is C13H13N5O2S. The van der Waals surface area contributed by atoms with Crippen molar-refractivity contribution in [1.29, 1.82) is 0 Å². The molecule has 0 saturated heterocycles. The molecule has 0 spiro atoms. The van der Waals surface area contributed by atoms with Crippen LogP contribution in [0.15, 0.2) is 46.6 Å². The predicted octanol–water partition coefficient (Wildman–Crippen LogP) is 1.58. The van der Waals surface area contributed by atoms with Gasteiger partial charge in [0.15, 0.2) is 5.16 Å². The Balaban J connectivity index is 1.81. The number of nitrogens with one attached hydrogen (secondary N) is 2. The number of hydrogen-bond donors (Lipinski definition) is 2. The van der Waals surface area contributed by atoms with Crippen molar-refractivity contribution in [2.45, 2.75) is 10.9 Å². The summed E-state index contributed by atoms with van der Waals surface area (Å²) in [6.07, 6.45) is 3.61. The highest BCUT2D eigenvalue weighted by Gasteiger charge is 2.08. The number of thioether (sulfide) groups is 1. The smallest absolute Gasteiger partial charge is 0.340 e. The highest BCUT2D eigenvalue weighted by molar-refractivity contribution is 7.98. The summed E-state index contributed by atoms with van der Waals surface area (Å²) >= 11 is 1.49. The van der Waals surface area contributed by atoms with Gasteiger partial charge in [-0.15, -0.1) is 0 Å². The summed E-state index contributed by atoms with van der Waals surface area (Å²) in [5.41, 5.74) is 0.659. The molecule has 0 bridgehead atoms. The van der Waals surface area contributed by atoms with Crippen LogP contribution in [0.5, 0.6) is 5.75 Å². The molecule has 0 aliphatic rings. The lowest BCUT2D eigenvalue weighted by Gasteiger charge is -2.08. The molecule has 0 saturated carbocycles. The van der Waals surface area contributed by atoms with Crippen molar-refractivity contribution in [2.24, 2.45) is 0 Å². The van der Waals surface area contributed by atoms with Gasteiger partial charge in [-0.3, -0.25) is 9.55 Å². The molecule has 2 aromatic heterocycles. The van der Waals surface area contributed by atoms with Crippen LogP contribution in [-0.2, 0) is 5.75 Å². The molecule has 2 heterocycles. The second-order valence-electron chi connectivity index (χ2n) is 4.19. The molecule has 0 unspecified atom stereocenters. The fourth-order valence-corrected chi connectivity index (χ4v) is 2.70. The van der Waals surface area contributed by atoms with Crippen molar-refractivity contribution in [2.75, 3.05) is 7.11 Å². The molecule has 0 atom stereocenters. The first-order chi connectivity index (χ1) is 10.3. The highest BCUT2D eigenvalue weighted by atomic mass is 32.2. The Bertz CT molecular complexity index is 791. The third-order valence-electron chi connectivity index (χ3n) is 2.83. The van der Waals surface area contributed by atoms with E-state index in [0.717, 1.165) is 16.6 Å². The average molecular weight is 303 g/mol. The second kappa shape index (κ2) is 5.88. The fraction of sp³-hybridized carbons (Fsp3) is 0.154. The van der Waals surface area contributed by atoms with Crippen molar-refractivity contribution >= 4 is 11.8 Å². The Labute approximate surface area is 124 Å². The maximum absolute atomic E-state index is 11.0. The lowest BCUT2D eigenvalue weighted by Crippen LogP contribution is -2.01. The average Bonchev–Trinajstić information content (AvgIpc) is 3.14. The van der Waals surface area contributed by atoms with Crippen molar-refractivity contribution in [1.82, 2.24) is 24.7 Å². The summed E-state index contributed by atoms with van der Waals surface area (Å²) in [4.78, 5) is 17.9. The van der Waals surface area contributed by atoms with Gasteiger partial charge in [-0.2, -0.15) is 5.10 Å². The summed E-state index contributed by atoms with van der Waals surface area (Å²) in [6, 6.07) is 7.72. The Hall–Kier alpha value is -2.48. The lowest BCUT2D eigenvalue weighted by molar-refractivity contribution is 0.414. The van der Waals surface area contributed by atoms with Crippen molar-refractivity contribution in [3.8, 4) is 11.4 Å². The van der Waals surface area contributed by atoms with E-state index in [2.05, 4.69) is 20.2 Å². The summed E-state index contributed by atoms with van der Waals surface area (Å²) in [6.45, 7) is 0. The number of rotatable bonds is 5. The van der Waals surface area contributed by atoms with Gasteiger partial charge in [0, 0.05) is 18.5 Å². The monoisotopic (exact) mass is 303 g/mol. The number of methoxy groups -OCH3 is 1. The molecule has 0 aliphatic heterocycles. The normalized spacial score (nSPS) is 10.7. The van der Waals surface area contributed by atoms with E-state index in [1.165, 1.54) is 11.8 Å². The van der Waals surface area contributed by atoms with Gasteiger partial charge in [0.2, 0.25) is 0 Å². The first-order valence-electron chi connectivity index (χ1n) is 6.20. The van der Waals surface area contributed by atoms with E-state index >= 15 is 0 Å². The first kappa shape index (κ1) is 13.5. The molecule has 3 aromatic rings. The van der Waals surface area contributed by atoms with Gasteiger partial charge in [0.25, 0.3) is 0 Å². The third kappa shape index (κ3) is 3.00. The molecular weight excluding hydrogens is 290 g/mol. The van der Waals surface area contributed by atoms with Crippen LogP contribution in [0.25, 0.3) is 5.69 Å². The standard InChI is InChI=1S/C13H13N5O2S/c1-20-10-4-2-3-9(7-10)18-6-5-14-13(18)21-8-11-15-12(19)17-16-11/h2-7H,8H2,1H3,(H2,15,16,17,19). The molecule has 1 aromatic carbocycles. The van der Waals surface area contributed by atoms with Crippen LogP contribution in [0, 0.1) is 0 Å². The fourth-order valence-electron chi connectivity index (χ4n) is 1.86. The van der Waals surface area contributed by atoms with E-state index in [0.29, 0.717) is 11.6 Å². The number of nitrogens with zero attached hydrogens (tertiary/aromatic N) is 3. The minimum absolute atomic E-state index is 0.304. The number of benzene rings is 1. The van der Waals surface area contributed by atoms with Crippen LogP contribution in [0.3, 0.4) is 0 Å². The van der Waals surface area contributed by atoms with Crippen LogP contribution in [0.2, 0.25) is 0 Å². The van der Waals surface area contributed by atoms with Crippen LogP contribution in [0.1, 0.15) is 5.82 Å². The van der Waals surface area contributed by atoms with Gasteiger partial charge in [-0.05, 0) is 12.1 Å². The quantitative estimate of drug-likeness (QED) is 0.699. The maximum Gasteiger partial charge on any atom is 0.340 e. The Morgan fingerprint density at radius 3 is 3.10 bits per heavy atom. The van der Waals surface area contributed by atoms with E-state index < -0.39 is 0 Å². The molecule has 0 aliphatic carbocycles. The van der Waals surface area contributed by atoms with E-state index in [1.807, 2.05) is 35.0 Å². The van der Waals surface area contributed by atoms with E-state index in [9.17, 15) is 4.79 Å². The van der Waals surface area contributed by atoms with Crippen molar-refractivity contribution in [3.63, 3.8) is 0 Å². The highest BCUT2D eigenvalue weighted by Crippen LogP contribution is 2.24. The number of H-pyrrole nitrogens is 2. The molecule has 108 valence electrons. The minimum atomic E-state index is -0.304. The Morgan fingerprint density at radius 2 is 2.33 bits per heavy atom. The number of aromatic amines is 2. The summed E-state index contributed by atoms with van der Waals surface area (Å²) < 4.78 is 7.19. The van der Waals surface area contributed by atoms with Crippen molar-refractivity contribution < 1.29 is 4.74 Å². The second-order valence-corrected chi connectivity index (χ2v) is 5.14. The number of imidazole rings is 1. The van der Waals surface area contributed by atoms with Crippen LogP contribution >= 0.6 is 11.8 Å². The topological polar surface area (TPSA) is 88.6 Å². The number of aromatic nitrogens is 5. The lowest BCUT2D eigenvalue weighted by atomic mass is 10.3. The summed E-state index contributed by atoms with van der Waals surface area (Å²) in [5.74, 6) is 1.90. The molecule has 0 radical (unpaired) electrons. The molecule has 21 heavy (non-hydrogen) atoms. The van der Waals surface area contributed by atoms with Gasteiger partial charge >= 0.3 is 5.69 Å². The van der Waals surface area contributed by atoms with E-state index in [-0.39, 0.29) is 5.69 Å². The zero-order chi connectivity index (χ0) is 14.7. The minimum Gasteiger partial charge on any atom is -0.497 e. The largest absolute Gasteiger partial charge is 0.497 e. The van der Waals surface area contributed by atoms with Gasteiger partial charge in [-0.1, -0.05) is 17.8 Å². The zero-order valence-electron chi connectivity index (χ0n) is 11.2. The third-order valence-corrected chi connectivity index (χ3v) is 3.80. The van der Waals surface area contributed by atoms with E-state index in [4.69, 9.17) is 4.74 Å². The number of hydrogen-bond acceptors (Lipinski definition) is 5. The molecule has 7 nitrogen and oxygen atoms in total. The maximum atomic E-state index is 11.0. The SMILES string of the molecule is COc1cccc(-n2ccnc2SCc2n[nH]c(=O)[nH]2)c1. The van der Waals surface area contributed by atoms with E-state index in [1.54, 1.807) is 13.3 Å². The molecule has 2 N–H and O–H groups in total. The molecule has 3 rings (SSSR count). The Kier molecular flexibility index (Phi) is 3.78.